The monoisotopic (exact) mass is 261 g/mol. The Labute approximate surface area is 110 Å². The van der Waals surface area contributed by atoms with Crippen LogP contribution in [0.4, 0.5) is 0 Å². The Morgan fingerprint density at radius 3 is 3.11 bits per heavy atom. The van der Waals surface area contributed by atoms with E-state index in [2.05, 4.69) is 25.2 Å². The molecule has 0 aliphatic carbocycles. The van der Waals surface area contributed by atoms with Crippen LogP contribution in [0.2, 0.25) is 0 Å². The lowest BCUT2D eigenvalue weighted by atomic mass is 10.3. The number of amides is 1. The van der Waals surface area contributed by atoms with Crippen molar-refractivity contribution < 1.29 is 9.32 Å². The average molecular weight is 261 g/mol. The lowest BCUT2D eigenvalue weighted by molar-refractivity contribution is 0.0900. The highest BCUT2D eigenvalue weighted by Crippen LogP contribution is 2.19. The molecule has 7 heteroatoms. The molecule has 2 aromatic rings. The van der Waals surface area contributed by atoms with Crippen LogP contribution in [0.15, 0.2) is 10.6 Å². The van der Waals surface area contributed by atoms with Gasteiger partial charge in [0, 0.05) is 19.0 Å². The van der Waals surface area contributed by atoms with E-state index in [1.165, 1.54) is 0 Å². The molecule has 3 rings (SSSR count). The van der Waals surface area contributed by atoms with Gasteiger partial charge in [-0.25, -0.2) is 0 Å². The van der Waals surface area contributed by atoms with Gasteiger partial charge in [-0.3, -0.25) is 4.79 Å². The second-order valence-corrected chi connectivity index (χ2v) is 4.76. The predicted molar refractivity (Wildman–Crippen MR) is 65.5 cm³/mol. The fourth-order valence-electron chi connectivity index (χ4n) is 2.30. The minimum Gasteiger partial charge on any atom is -0.351 e. The van der Waals surface area contributed by atoms with Gasteiger partial charge in [-0.05, 0) is 20.3 Å². The molecule has 0 radical (unpaired) electrons. The number of aryl methyl sites for hydroxylation is 2. The van der Waals surface area contributed by atoms with Crippen molar-refractivity contribution in [2.75, 3.05) is 0 Å². The van der Waals surface area contributed by atoms with Crippen molar-refractivity contribution in [3.8, 4) is 0 Å². The Kier molecular flexibility index (Phi) is 2.81. The smallest absolute Gasteiger partial charge is 0.290 e. The number of hydrogen-bond donors (Lipinski definition) is 1. The van der Waals surface area contributed by atoms with E-state index in [0.29, 0.717) is 5.69 Å². The van der Waals surface area contributed by atoms with E-state index in [4.69, 9.17) is 4.52 Å². The molecule has 1 amide bonds. The molecular weight excluding hydrogens is 246 g/mol. The van der Waals surface area contributed by atoms with Gasteiger partial charge in [-0.1, -0.05) is 5.16 Å². The molecule has 100 valence electrons. The van der Waals surface area contributed by atoms with Gasteiger partial charge in [-0.15, -0.1) is 10.2 Å². The van der Waals surface area contributed by atoms with Crippen LogP contribution in [0.3, 0.4) is 0 Å². The van der Waals surface area contributed by atoms with Gasteiger partial charge >= 0.3 is 0 Å². The van der Waals surface area contributed by atoms with Crippen molar-refractivity contribution in [2.45, 2.75) is 39.3 Å². The summed E-state index contributed by atoms with van der Waals surface area (Å²) in [6.07, 6.45) is 2.04. The maximum atomic E-state index is 12.0. The molecule has 19 heavy (non-hydrogen) atoms. The molecule has 0 unspecified atom stereocenters. The molecular formula is C12H15N5O2. The second-order valence-electron chi connectivity index (χ2n) is 4.76. The molecule has 2 aromatic heterocycles. The summed E-state index contributed by atoms with van der Waals surface area (Å²) in [5.41, 5.74) is 0.682. The van der Waals surface area contributed by atoms with E-state index in [0.717, 1.165) is 31.0 Å². The summed E-state index contributed by atoms with van der Waals surface area (Å²) in [4.78, 5) is 12.0. The first-order valence-corrected chi connectivity index (χ1v) is 6.31. The van der Waals surface area contributed by atoms with E-state index >= 15 is 0 Å². The summed E-state index contributed by atoms with van der Waals surface area (Å²) in [5, 5.41) is 14.8. The Morgan fingerprint density at radius 1 is 1.53 bits per heavy atom. The zero-order valence-electron chi connectivity index (χ0n) is 10.9. The van der Waals surface area contributed by atoms with Crippen molar-refractivity contribution >= 4 is 5.91 Å². The number of fused-ring (bicyclic) bond motifs is 1. The van der Waals surface area contributed by atoms with Crippen molar-refractivity contribution in [3.63, 3.8) is 0 Å². The summed E-state index contributed by atoms with van der Waals surface area (Å²) in [6, 6.07) is 1.40. The van der Waals surface area contributed by atoms with E-state index in [1.54, 1.807) is 13.0 Å². The number of hydrogen-bond acceptors (Lipinski definition) is 5. The van der Waals surface area contributed by atoms with Gasteiger partial charge in [-0.2, -0.15) is 0 Å². The molecule has 0 aromatic carbocycles. The normalized spacial score (nSPS) is 15.3. The number of aromatic nitrogens is 4. The summed E-state index contributed by atoms with van der Waals surface area (Å²) in [5.74, 6) is 1.71. The molecule has 1 atom stereocenters. The maximum Gasteiger partial charge on any atom is 0.290 e. The van der Waals surface area contributed by atoms with Gasteiger partial charge < -0.3 is 14.4 Å². The van der Waals surface area contributed by atoms with Crippen molar-refractivity contribution in [1.29, 1.82) is 0 Å². The standard InChI is InChI=1S/C12H15N5O2/c1-7-6-9(19-16-7)12(18)13-8(2)11-15-14-10-4-3-5-17(10)11/h6,8H,3-5H2,1-2H3,(H,13,18)/t8-/m1/s1. The Morgan fingerprint density at radius 2 is 2.37 bits per heavy atom. The minimum absolute atomic E-state index is 0.211. The fourth-order valence-corrected chi connectivity index (χ4v) is 2.30. The van der Waals surface area contributed by atoms with Crippen molar-refractivity contribution in [2.24, 2.45) is 0 Å². The lowest BCUT2D eigenvalue weighted by Crippen LogP contribution is -2.28. The van der Waals surface area contributed by atoms with E-state index < -0.39 is 0 Å². The molecule has 0 bridgehead atoms. The molecule has 0 fully saturated rings. The Bertz CT molecular complexity index is 615. The van der Waals surface area contributed by atoms with Crippen LogP contribution in [-0.4, -0.2) is 25.8 Å². The highest BCUT2D eigenvalue weighted by atomic mass is 16.5. The first-order chi connectivity index (χ1) is 9.15. The molecule has 1 aliphatic heterocycles. The molecule has 0 saturated heterocycles. The third-order valence-electron chi connectivity index (χ3n) is 3.22. The summed E-state index contributed by atoms with van der Waals surface area (Å²) in [7, 11) is 0. The van der Waals surface area contributed by atoms with Crippen LogP contribution < -0.4 is 5.32 Å². The molecule has 0 saturated carbocycles. The summed E-state index contributed by atoms with van der Waals surface area (Å²) < 4.78 is 7.00. The predicted octanol–water partition coefficient (Wildman–Crippen LogP) is 1.01. The molecule has 7 nitrogen and oxygen atoms in total. The van der Waals surface area contributed by atoms with Crippen molar-refractivity contribution in [1.82, 2.24) is 25.2 Å². The number of carbonyl (C=O) groups is 1. The van der Waals surface area contributed by atoms with E-state index in [-0.39, 0.29) is 17.7 Å². The van der Waals surface area contributed by atoms with Crippen LogP contribution in [0, 0.1) is 6.92 Å². The number of nitrogens with zero attached hydrogens (tertiary/aromatic N) is 4. The highest BCUT2D eigenvalue weighted by Gasteiger charge is 2.23. The Hall–Kier alpha value is -2.18. The van der Waals surface area contributed by atoms with Crippen molar-refractivity contribution in [3.05, 3.63) is 29.2 Å². The van der Waals surface area contributed by atoms with Gasteiger partial charge in [0.25, 0.3) is 5.91 Å². The molecule has 3 heterocycles. The van der Waals surface area contributed by atoms with E-state index in [9.17, 15) is 4.79 Å². The van der Waals surface area contributed by atoms with Gasteiger partial charge in [0.2, 0.25) is 5.76 Å². The third-order valence-corrected chi connectivity index (χ3v) is 3.22. The Balaban J connectivity index is 1.74. The average Bonchev–Trinajstić information content (AvgIpc) is 3.02. The van der Waals surface area contributed by atoms with Gasteiger partial charge in [0.15, 0.2) is 5.82 Å². The maximum absolute atomic E-state index is 12.0. The molecule has 0 spiro atoms. The van der Waals surface area contributed by atoms with Crippen LogP contribution in [0.1, 0.15) is 47.3 Å². The second kappa shape index (κ2) is 4.49. The van der Waals surface area contributed by atoms with Crippen LogP contribution in [0.25, 0.3) is 0 Å². The summed E-state index contributed by atoms with van der Waals surface area (Å²) in [6.45, 7) is 4.57. The van der Waals surface area contributed by atoms with Crippen LogP contribution >= 0.6 is 0 Å². The number of rotatable bonds is 3. The lowest BCUT2D eigenvalue weighted by Gasteiger charge is -2.12. The number of nitrogens with one attached hydrogen (secondary N) is 1. The van der Waals surface area contributed by atoms with Crippen LogP contribution in [0.5, 0.6) is 0 Å². The highest BCUT2D eigenvalue weighted by molar-refractivity contribution is 5.91. The fraction of sp³-hybridized carbons (Fsp3) is 0.500. The van der Waals surface area contributed by atoms with E-state index in [1.807, 2.05) is 6.92 Å². The molecule has 1 N–H and O–H groups in total. The first-order valence-electron chi connectivity index (χ1n) is 6.31. The number of carbonyl (C=O) groups excluding carboxylic acids is 1. The van der Waals surface area contributed by atoms with Gasteiger partial charge in [0.1, 0.15) is 5.82 Å². The third kappa shape index (κ3) is 2.11. The van der Waals surface area contributed by atoms with Gasteiger partial charge in [0.05, 0.1) is 11.7 Å². The zero-order valence-corrected chi connectivity index (χ0v) is 10.9. The molecule has 1 aliphatic rings. The quantitative estimate of drug-likeness (QED) is 0.891. The largest absolute Gasteiger partial charge is 0.351 e. The first kappa shape index (κ1) is 11.9. The zero-order chi connectivity index (χ0) is 13.4. The summed E-state index contributed by atoms with van der Waals surface area (Å²) >= 11 is 0. The SMILES string of the molecule is Cc1cc(C(=O)N[C@H](C)c2nnc3n2CCC3)on1. The minimum atomic E-state index is -0.288. The van der Waals surface area contributed by atoms with Crippen LogP contribution in [-0.2, 0) is 13.0 Å². The topological polar surface area (TPSA) is 85.8 Å².